The molecule has 94 valence electrons. The SMILES string of the molecule is Cc1ccc(N)c(S(=O)CC(=O)NC(C)C)c1. The molecule has 0 spiro atoms. The van der Waals surface area contributed by atoms with E-state index in [0.29, 0.717) is 10.6 Å². The van der Waals surface area contributed by atoms with Gasteiger partial charge in [-0.05, 0) is 38.5 Å². The van der Waals surface area contributed by atoms with Gasteiger partial charge in [0, 0.05) is 11.7 Å². The molecule has 1 unspecified atom stereocenters. The summed E-state index contributed by atoms with van der Waals surface area (Å²) in [6, 6.07) is 5.37. The van der Waals surface area contributed by atoms with Crippen LogP contribution in [-0.2, 0) is 15.6 Å². The molecule has 1 amide bonds. The summed E-state index contributed by atoms with van der Waals surface area (Å²) in [4.78, 5) is 12.0. The largest absolute Gasteiger partial charge is 0.398 e. The first kappa shape index (κ1) is 13.7. The highest BCUT2D eigenvalue weighted by atomic mass is 32.2. The molecule has 0 saturated carbocycles. The number of anilines is 1. The topological polar surface area (TPSA) is 72.2 Å². The second-order valence-electron chi connectivity index (χ2n) is 4.25. The quantitative estimate of drug-likeness (QED) is 0.793. The molecule has 1 aromatic carbocycles. The van der Waals surface area contributed by atoms with E-state index < -0.39 is 10.8 Å². The van der Waals surface area contributed by atoms with Crippen molar-refractivity contribution in [2.24, 2.45) is 0 Å². The summed E-state index contributed by atoms with van der Waals surface area (Å²) in [6.07, 6.45) is 0. The molecular formula is C12H18N2O2S. The average Bonchev–Trinajstić information content (AvgIpc) is 2.20. The fraction of sp³-hybridized carbons (Fsp3) is 0.417. The molecule has 3 N–H and O–H groups in total. The second-order valence-corrected chi connectivity index (χ2v) is 5.67. The first-order valence-electron chi connectivity index (χ1n) is 5.44. The molecule has 1 rings (SSSR count). The molecule has 0 saturated heterocycles. The molecule has 0 radical (unpaired) electrons. The van der Waals surface area contributed by atoms with E-state index >= 15 is 0 Å². The maximum absolute atomic E-state index is 12.0. The molecule has 17 heavy (non-hydrogen) atoms. The van der Waals surface area contributed by atoms with Gasteiger partial charge in [-0.3, -0.25) is 9.00 Å². The van der Waals surface area contributed by atoms with E-state index in [9.17, 15) is 9.00 Å². The number of nitrogens with two attached hydrogens (primary N) is 1. The van der Waals surface area contributed by atoms with Gasteiger partial charge in [0.15, 0.2) is 0 Å². The Morgan fingerprint density at radius 2 is 2.12 bits per heavy atom. The Morgan fingerprint density at radius 1 is 1.47 bits per heavy atom. The zero-order valence-corrected chi connectivity index (χ0v) is 11.1. The molecule has 1 atom stereocenters. The van der Waals surface area contributed by atoms with Crippen molar-refractivity contribution in [1.82, 2.24) is 5.32 Å². The third kappa shape index (κ3) is 4.19. The number of amides is 1. The van der Waals surface area contributed by atoms with Gasteiger partial charge >= 0.3 is 0 Å². The van der Waals surface area contributed by atoms with Crippen LogP contribution in [-0.4, -0.2) is 21.9 Å². The van der Waals surface area contributed by atoms with Crippen LogP contribution >= 0.6 is 0 Å². The Balaban J connectivity index is 2.76. The zero-order chi connectivity index (χ0) is 13.0. The summed E-state index contributed by atoms with van der Waals surface area (Å²) in [5, 5.41) is 2.70. The first-order valence-corrected chi connectivity index (χ1v) is 6.76. The normalized spacial score (nSPS) is 12.5. The summed E-state index contributed by atoms with van der Waals surface area (Å²) < 4.78 is 12.0. The molecule has 0 fully saturated rings. The van der Waals surface area contributed by atoms with E-state index in [-0.39, 0.29) is 17.7 Å². The average molecular weight is 254 g/mol. The highest BCUT2D eigenvalue weighted by Crippen LogP contribution is 2.18. The van der Waals surface area contributed by atoms with Crippen LogP contribution in [0.3, 0.4) is 0 Å². The minimum Gasteiger partial charge on any atom is -0.398 e. The molecule has 0 bridgehead atoms. The van der Waals surface area contributed by atoms with Crippen molar-refractivity contribution < 1.29 is 9.00 Å². The van der Waals surface area contributed by atoms with Crippen molar-refractivity contribution >= 4 is 22.4 Å². The smallest absolute Gasteiger partial charge is 0.233 e. The first-order chi connectivity index (χ1) is 7.90. The Hall–Kier alpha value is -1.36. The van der Waals surface area contributed by atoms with Gasteiger partial charge in [-0.2, -0.15) is 0 Å². The van der Waals surface area contributed by atoms with Crippen molar-refractivity contribution in [3.05, 3.63) is 23.8 Å². The zero-order valence-electron chi connectivity index (χ0n) is 10.3. The summed E-state index contributed by atoms with van der Waals surface area (Å²) in [6.45, 7) is 5.62. The number of hydrogen-bond acceptors (Lipinski definition) is 3. The lowest BCUT2D eigenvalue weighted by molar-refractivity contribution is -0.119. The maximum Gasteiger partial charge on any atom is 0.233 e. The van der Waals surface area contributed by atoms with Gasteiger partial charge in [0.25, 0.3) is 0 Å². The summed E-state index contributed by atoms with van der Waals surface area (Å²) >= 11 is 0. The molecule has 0 aliphatic rings. The lowest BCUT2D eigenvalue weighted by Crippen LogP contribution is -2.33. The van der Waals surface area contributed by atoms with Crippen LogP contribution < -0.4 is 11.1 Å². The Bertz CT molecular complexity index is 444. The third-order valence-electron chi connectivity index (χ3n) is 2.13. The van der Waals surface area contributed by atoms with Gasteiger partial charge in [0.1, 0.15) is 5.75 Å². The van der Waals surface area contributed by atoms with Crippen molar-refractivity contribution in [1.29, 1.82) is 0 Å². The lowest BCUT2D eigenvalue weighted by Gasteiger charge is -2.09. The molecule has 5 heteroatoms. The number of hydrogen-bond donors (Lipinski definition) is 2. The predicted octanol–water partition coefficient (Wildman–Crippen LogP) is 1.21. The van der Waals surface area contributed by atoms with Crippen LogP contribution in [0.25, 0.3) is 0 Å². The number of aryl methyl sites for hydroxylation is 1. The van der Waals surface area contributed by atoms with E-state index in [1.807, 2.05) is 26.8 Å². The standard InChI is InChI=1S/C12H18N2O2S/c1-8(2)14-12(15)7-17(16)11-6-9(3)4-5-10(11)13/h4-6,8H,7,13H2,1-3H3,(H,14,15). The minimum absolute atomic E-state index is 0.0498. The van der Waals surface area contributed by atoms with Crippen LogP contribution in [0.2, 0.25) is 0 Å². The van der Waals surface area contributed by atoms with Crippen LogP contribution in [0.4, 0.5) is 5.69 Å². The molecule has 0 heterocycles. The Labute approximate surface area is 104 Å². The molecule has 0 aliphatic carbocycles. The van der Waals surface area contributed by atoms with E-state index in [1.54, 1.807) is 12.1 Å². The molecule has 0 aromatic heterocycles. The number of nitrogens with one attached hydrogen (secondary N) is 1. The number of benzene rings is 1. The molecule has 0 aliphatic heterocycles. The molecule has 1 aromatic rings. The van der Waals surface area contributed by atoms with Gasteiger partial charge in [-0.15, -0.1) is 0 Å². The molecule has 4 nitrogen and oxygen atoms in total. The maximum atomic E-state index is 12.0. The second kappa shape index (κ2) is 5.82. The van der Waals surface area contributed by atoms with Crippen LogP contribution in [0, 0.1) is 6.92 Å². The molecular weight excluding hydrogens is 236 g/mol. The van der Waals surface area contributed by atoms with Crippen molar-refractivity contribution in [3.63, 3.8) is 0 Å². The van der Waals surface area contributed by atoms with Crippen LogP contribution in [0.1, 0.15) is 19.4 Å². The van der Waals surface area contributed by atoms with Gasteiger partial charge in [-0.1, -0.05) is 6.07 Å². The van der Waals surface area contributed by atoms with E-state index in [1.165, 1.54) is 0 Å². The number of carbonyl (C=O) groups excluding carboxylic acids is 1. The monoisotopic (exact) mass is 254 g/mol. The van der Waals surface area contributed by atoms with Gasteiger partial charge in [-0.25, -0.2) is 0 Å². The fourth-order valence-corrected chi connectivity index (χ4v) is 2.52. The van der Waals surface area contributed by atoms with Gasteiger partial charge in [0.05, 0.1) is 15.7 Å². The number of rotatable bonds is 4. The summed E-state index contributed by atoms with van der Waals surface area (Å²) in [5.74, 6) is -0.273. The van der Waals surface area contributed by atoms with E-state index in [0.717, 1.165) is 5.56 Å². The third-order valence-corrected chi connectivity index (χ3v) is 3.49. The summed E-state index contributed by atoms with van der Waals surface area (Å²) in [7, 11) is -1.39. The van der Waals surface area contributed by atoms with Crippen molar-refractivity contribution in [3.8, 4) is 0 Å². The van der Waals surface area contributed by atoms with E-state index in [2.05, 4.69) is 5.32 Å². The van der Waals surface area contributed by atoms with Crippen molar-refractivity contribution in [2.45, 2.75) is 31.7 Å². The number of carbonyl (C=O) groups is 1. The Morgan fingerprint density at radius 3 is 2.71 bits per heavy atom. The number of nitrogen functional groups attached to an aromatic ring is 1. The lowest BCUT2D eigenvalue weighted by atomic mass is 10.2. The highest BCUT2D eigenvalue weighted by molar-refractivity contribution is 7.86. The fourth-order valence-electron chi connectivity index (χ4n) is 1.40. The minimum atomic E-state index is -1.39. The van der Waals surface area contributed by atoms with E-state index in [4.69, 9.17) is 5.73 Å². The predicted molar refractivity (Wildman–Crippen MR) is 70.1 cm³/mol. The summed E-state index contributed by atoms with van der Waals surface area (Å²) in [5.41, 5.74) is 7.19. The van der Waals surface area contributed by atoms with Crippen LogP contribution in [0.5, 0.6) is 0 Å². The Kier molecular flexibility index (Phi) is 4.69. The van der Waals surface area contributed by atoms with Gasteiger partial charge in [0.2, 0.25) is 5.91 Å². The van der Waals surface area contributed by atoms with Crippen LogP contribution in [0.15, 0.2) is 23.1 Å². The van der Waals surface area contributed by atoms with Gasteiger partial charge < -0.3 is 11.1 Å². The highest BCUT2D eigenvalue weighted by Gasteiger charge is 2.13. The van der Waals surface area contributed by atoms with Crippen molar-refractivity contribution in [2.75, 3.05) is 11.5 Å².